The molecule has 3 rings (SSSR count). The summed E-state index contributed by atoms with van der Waals surface area (Å²) < 4.78 is 65.2. The summed E-state index contributed by atoms with van der Waals surface area (Å²) in [5, 5.41) is 2.43. The molecule has 180 valence electrons. The normalized spacial score (nSPS) is 15.3. The predicted octanol–water partition coefficient (Wildman–Crippen LogP) is 5.64. The Balaban J connectivity index is 1.74. The van der Waals surface area contributed by atoms with E-state index in [1.165, 1.54) is 25.3 Å². The first-order chi connectivity index (χ1) is 15.4. The van der Waals surface area contributed by atoms with Crippen molar-refractivity contribution >= 4 is 33.2 Å². The van der Waals surface area contributed by atoms with Crippen LogP contribution in [0.1, 0.15) is 53.6 Å². The molecule has 1 aliphatic rings. The lowest BCUT2D eigenvalue weighted by Gasteiger charge is -2.24. The minimum Gasteiger partial charge on any atom is -0.352 e. The average molecular weight is 503 g/mol. The van der Waals surface area contributed by atoms with Gasteiger partial charge in [-0.15, -0.1) is 0 Å². The molecule has 0 spiro atoms. The average Bonchev–Trinajstić information content (AvgIpc) is 2.76. The van der Waals surface area contributed by atoms with Crippen LogP contribution in [-0.4, -0.2) is 27.1 Å². The Hall–Kier alpha value is -2.26. The van der Waals surface area contributed by atoms with Gasteiger partial charge in [0.15, 0.2) is 0 Å². The monoisotopic (exact) mass is 502 g/mol. The molecule has 1 saturated carbocycles. The van der Waals surface area contributed by atoms with E-state index in [1.807, 2.05) is 0 Å². The standard InChI is InChI=1S/C23H26ClF3N2O3S/c1-33(31,32)29(19-11-12-21(24)20(13-19)23(25,26)27)15-17-7-9-18(10-8-17)22(30)28-14-16-5-3-2-4-6-16/h7-13,16H,2-6,14-15H2,1H3,(H,28,30). The zero-order chi connectivity index (χ0) is 24.2. The van der Waals surface area contributed by atoms with Crippen molar-refractivity contribution in [2.75, 3.05) is 17.1 Å². The number of anilines is 1. The molecule has 1 fully saturated rings. The third-order valence-electron chi connectivity index (χ3n) is 5.76. The molecule has 0 atom stereocenters. The molecule has 0 heterocycles. The molecule has 1 N–H and O–H groups in total. The van der Waals surface area contributed by atoms with Crippen molar-refractivity contribution in [1.82, 2.24) is 5.32 Å². The lowest BCUT2D eigenvalue weighted by Crippen LogP contribution is -2.30. The maximum absolute atomic E-state index is 13.2. The number of halogens is 4. The lowest BCUT2D eigenvalue weighted by molar-refractivity contribution is -0.137. The van der Waals surface area contributed by atoms with Crippen LogP contribution in [0, 0.1) is 5.92 Å². The van der Waals surface area contributed by atoms with Crippen LogP contribution in [0.2, 0.25) is 5.02 Å². The second-order valence-electron chi connectivity index (χ2n) is 8.34. The minimum absolute atomic E-state index is 0.150. The first kappa shape index (κ1) is 25.4. The molecule has 2 aromatic carbocycles. The van der Waals surface area contributed by atoms with E-state index in [4.69, 9.17) is 11.6 Å². The number of carbonyl (C=O) groups excluding carboxylic acids is 1. The van der Waals surface area contributed by atoms with E-state index in [-0.39, 0.29) is 18.1 Å². The van der Waals surface area contributed by atoms with Gasteiger partial charge >= 0.3 is 6.18 Å². The van der Waals surface area contributed by atoms with Gasteiger partial charge in [0.2, 0.25) is 10.0 Å². The molecule has 0 aliphatic heterocycles. The van der Waals surface area contributed by atoms with Gasteiger partial charge in [-0.25, -0.2) is 8.42 Å². The molecular formula is C23H26ClF3N2O3S. The maximum Gasteiger partial charge on any atom is 0.417 e. The molecule has 2 aromatic rings. The summed E-state index contributed by atoms with van der Waals surface area (Å²) in [5.41, 5.74) is -0.303. The predicted molar refractivity (Wildman–Crippen MR) is 123 cm³/mol. The summed E-state index contributed by atoms with van der Waals surface area (Å²) >= 11 is 5.66. The van der Waals surface area contributed by atoms with E-state index in [1.54, 1.807) is 24.3 Å². The smallest absolute Gasteiger partial charge is 0.352 e. The molecule has 1 amide bonds. The topological polar surface area (TPSA) is 66.5 Å². The summed E-state index contributed by atoms with van der Waals surface area (Å²) in [6.07, 6.45) is 2.03. The van der Waals surface area contributed by atoms with E-state index >= 15 is 0 Å². The molecular weight excluding hydrogens is 477 g/mol. The Morgan fingerprint density at radius 3 is 2.30 bits per heavy atom. The number of amides is 1. The zero-order valence-electron chi connectivity index (χ0n) is 18.2. The summed E-state index contributed by atoms with van der Waals surface area (Å²) in [4.78, 5) is 12.4. The number of carbonyl (C=O) groups is 1. The summed E-state index contributed by atoms with van der Waals surface area (Å²) in [6.45, 7) is 0.433. The summed E-state index contributed by atoms with van der Waals surface area (Å²) in [7, 11) is -3.90. The van der Waals surface area contributed by atoms with Crippen molar-refractivity contribution in [3.8, 4) is 0 Å². The molecule has 0 radical (unpaired) electrons. The summed E-state index contributed by atoms with van der Waals surface area (Å²) in [5.74, 6) is 0.283. The molecule has 10 heteroatoms. The van der Waals surface area contributed by atoms with Gasteiger partial charge in [0.05, 0.1) is 29.1 Å². The number of hydrogen-bond donors (Lipinski definition) is 1. The SMILES string of the molecule is CS(=O)(=O)N(Cc1ccc(C(=O)NCC2CCCCC2)cc1)c1ccc(Cl)c(C(F)(F)F)c1. The van der Waals surface area contributed by atoms with Gasteiger partial charge < -0.3 is 5.32 Å². The van der Waals surface area contributed by atoms with Gasteiger partial charge in [-0.2, -0.15) is 13.2 Å². The largest absolute Gasteiger partial charge is 0.417 e. The molecule has 33 heavy (non-hydrogen) atoms. The number of hydrogen-bond acceptors (Lipinski definition) is 3. The Bertz CT molecular complexity index is 1080. The van der Waals surface area contributed by atoms with E-state index in [2.05, 4.69) is 5.32 Å². The number of benzene rings is 2. The highest BCUT2D eigenvalue weighted by molar-refractivity contribution is 7.92. The second-order valence-corrected chi connectivity index (χ2v) is 10.7. The van der Waals surface area contributed by atoms with Crippen molar-refractivity contribution in [3.63, 3.8) is 0 Å². The highest BCUT2D eigenvalue weighted by Gasteiger charge is 2.34. The van der Waals surface area contributed by atoms with Crippen molar-refractivity contribution < 1.29 is 26.4 Å². The fourth-order valence-corrected chi connectivity index (χ4v) is 5.05. The number of nitrogens with one attached hydrogen (secondary N) is 1. The van der Waals surface area contributed by atoms with Crippen LogP contribution in [0.25, 0.3) is 0 Å². The highest BCUT2D eigenvalue weighted by Crippen LogP contribution is 2.37. The Morgan fingerprint density at radius 2 is 1.73 bits per heavy atom. The molecule has 0 unspecified atom stereocenters. The Kier molecular flexibility index (Phi) is 7.95. The zero-order valence-corrected chi connectivity index (χ0v) is 19.7. The van der Waals surface area contributed by atoms with Crippen LogP contribution in [0.15, 0.2) is 42.5 Å². The van der Waals surface area contributed by atoms with Crippen molar-refractivity contribution in [1.29, 1.82) is 0 Å². The van der Waals surface area contributed by atoms with Gasteiger partial charge in [0.1, 0.15) is 0 Å². The number of sulfonamides is 1. The highest BCUT2D eigenvalue weighted by atomic mass is 35.5. The number of rotatable bonds is 7. The van der Waals surface area contributed by atoms with Crippen LogP contribution >= 0.6 is 11.6 Å². The van der Waals surface area contributed by atoms with Crippen molar-refractivity contribution in [2.45, 2.75) is 44.8 Å². The number of alkyl halides is 3. The fraction of sp³-hybridized carbons (Fsp3) is 0.435. The van der Waals surface area contributed by atoms with Crippen LogP contribution in [-0.2, 0) is 22.7 Å². The third-order valence-corrected chi connectivity index (χ3v) is 7.23. The molecule has 0 bridgehead atoms. The third kappa shape index (κ3) is 6.86. The first-order valence-electron chi connectivity index (χ1n) is 10.7. The van der Waals surface area contributed by atoms with E-state index < -0.39 is 26.8 Å². The van der Waals surface area contributed by atoms with Gasteiger partial charge in [-0.05, 0) is 54.7 Å². The first-order valence-corrected chi connectivity index (χ1v) is 12.9. The van der Waals surface area contributed by atoms with Crippen LogP contribution in [0.4, 0.5) is 18.9 Å². The second kappa shape index (κ2) is 10.3. The number of nitrogens with zero attached hydrogens (tertiary/aromatic N) is 1. The Morgan fingerprint density at radius 1 is 1.09 bits per heavy atom. The van der Waals surface area contributed by atoms with E-state index in [0.717, 1.165) is 35.5 Å². The molecule has 0 aromatic heterocycles. The fourth-order valence-electron chi connectivity index (χ4n) is 3.94. The van der Waals surface area contributed by atoms with Gasteiger partial charge in [-0.1, -0.05) is 43.0 Å². The van der Waals surface area contributed by atoms with Crippen molar-refractivity contribution in [3.05, 3.63) is 64.2 Å². The molecule has 0 saturated heterocycles. The van der Waals surface area contributed by atoms with Crippen molar-refractivity contribution in [2.24, 2.45) is 5.92 Å². The lowest BCUT2D eigenvalue weighted by atomic mass is 9.89. The minimum atomic E-state index is -4.72. The van der Waals surface area contributed by atoms with E-state index in [9.17, 15) is 26.4 Å². The van der Waals surface area contributed by atoms with Crippen LogP contribution in [0.3, 0.4) is 0 Å². The molecule has 1 aliphatic carbocycles. The maximum atomic E-state index is 13.2. The van der Waals surface area contributed by atoms with Gasteiger partial charge in [-0.3, -0.25) is 9.10 Å². The van der Waals surface area contributed by atoms with Gasteiger partial charge in [0, 0.05) is 12.1 Å². The van der Waals surface area contributed by atoms with E-state index in [0.29, 0.717) is 23.6 Å². The quantitative estimate of drug-likeness (QED) is 0.533. The Labute approximate surface area is 197 Å². The van der Waals surface area contributed by atoms with Crippen LogP contribution in [0.5, 0.6) is 0 Å². The van der Waals surface area contributed by atoms with Gasteiger partial charge in [0.25, 0.3) is 5.91 Å². The molecule has 5 nitrogen and oxygen atoms in total. The van der Waals surface area contributed by atoms with Crippen LogP contribution < -0.4 is 9.62 Å². The summed E-state index contributed by atoms with van der Waals surface area (Å²) in [6, 6.07) is 9.31.